The number of likely N-dealkylation sites (tertiary alicyclic amines) is 1. The number of fused-ring (bicyclic) bond motifs is 3. The Balaban J connectivity index is 1.43. The second kappa shape index (κ2) is 10.5. The molecule has 1 saturated heterocycles. The number of carbonyl (C=O) groups excluding carboxylic acids is 2. The van der Waals surface area contributed by atoms with Gasteiger partial charge in [-0.1, -0.05) is 24.3 Å². The summed E-state index contributed by atoms with van der Waals surface area (Å²) in [4.78, 5) is 26.7. The second-order valence-electron chi connectivity index (χ2n) is 13.4. The van der Waals surface area contributed by atoms with Crippen LogP contribution in [0.15, 0.2) is 47.4 Å². The van der Waals surface area contributed by atoms with Crippen molar-refractivity contribution in [2.45, 2.75) is 92.0 Å². The molecule has 1 spiro atoms. The van der Waals surface area contributed by atoms with Gasteiger partial charge in [0, 0.05) is 23.9 Å². The number of alkyl halides is 7. The lowest BCUT2D eigenvalue weighted by atomic mass is 9.47. The van der Waals surface area contributed by atoms with Gasteiger partial charge >= 0.3 is 18.0 Å². The fraction of sp³-hybridized carbons (Fsp3) is 0.562. The lowest BCUT2D eigenvalue weighted by Gasteiger charge is -2.59. The first-order chi connectivity index (χ1) is 21.3. The third-order valence-corrected chi connectivity index (χ3v) is 13.3. The standard InChI is InChI=1S/C32H31F8NO4S/c1-18(42)20-14-28(15-20)16-21(17-28)27(43)41-11-3-10-29(46(44,45)24-5-2-4-23(33)13-24)25-8-7-22(12-19(25)6-9-26(29)41)30(34,31(35,36)37)32(38,39)40/h2,4-5,7-8,12-13,20-21,26H,3,6,9-11,14-17H2,1H3. The van der Waals surface area contributed by atoms with Crippen LogP contribution in [0.3, 0.4) is 0 Å². The average molecular weight is 678 g/mol. The Labute approximate surface area is 260 Å². The summed E-state index contributed by atoms with van der Waals surface area (Å²) in [6.45, 7) is 1.70. The molecule has 1 heterocycles. The molecule has 0 bridgehead atoms. The van der Waals surface area contributed by atoms with Gasteiger partial charge in [0.1, 0.15) is 16.3 Å². The SMILES string of the molecule is CC(=O)C1CC2(C1)CC(C(=O)N1CCCC3(S(=O)(=O)c4cccc(F)c4)c4ccc(C(F)(C(F)(F)F)C(F)(F)F)cc4CCC13)C2. The van der Waals surface area contributed by atoms with Gasteiger partial charge in [-0.15, -0.1) is 0 Å². The van der Waals surface area contributed by atoms with E-state index in [9.17, 15) is 48.7 Å². The van der Waals surface area contributed by atoms with Crippen LogP contribution in [0.25, 0.3) is 0 Å². The van der Waals surface area contributed by atoms with E-state index in [0.29, 0.717) is 37.8 Å². The highest BCUT2D eigenvalue weighted by Crippen LogP contribution is 2.62. The molecule has 0 N–H and O–H groups in total. The van der Waals surface area contributed by atoms with Crippen LogP contribution in [-0.2, 0) is 36.3 Å². The van der Waals surface area contributed by atoms with Crippen LogP contribution in [0.1, 0.15) is 68.6 Å². The Morgan fingerprint density at radius 1 is 0.891 bits per heavy atom. The van der Waals surface area contributed by atoms with Crippen LogP contribution in [0.2, 0.25) is 0 Å². The van der Waals surface area contributed by atoms with E-state index < -0.39 is 60.8 Å². The molecule has 3 aliphatic carbocycles. The largest absolute Gasteiger partial charge is 0.435 e. The van der Waals surface area contributed by atoms with Gasteiger partial charge in [0.2, 0.25) is 5.91 Å². The monoisotopic (exact) mass is 677 g/mol. The summed E-state index contributed by atoms with van der Waals surface area (Å²) >= 11 is 0. The van der Waals surface area contributed by atoms with Crippen molar-refractivity contribution in [3.63, 3.8) is 0 Å². The third kappa shape index (κ3) is 4.62. The van der Waals surface area contributed by atoms with Crippen LogP contribution < -0.4 is 0 Å². The Kier molecular flexibility index (Phi) is 7.50. The number of piperidine rings is 1. The van der Waals surface area contributed by atoms with Crippen molar-refractivity contribution in [1.29, 1.82) is 0 Å². The smallest absolute Gasteiger partial charge is 0.338 e. The highest BCUT2D eigenvalue weighted by atomic mass is 32.2. The molecule has 5 nitrogen and oxygen atoms in total. The summed E-state index contributed by atoms with van der Waals surface area (Å²) in [5.41, 5.74) is -7.91. The summed E-state index contributed by atoms with van der Waals surface area (Å²) < 4.78 is 138. The number of rotatable bonds is 5. The number of benzene rings is 2. The van der Waals surface area contributed by atoms with Gasteiger partial charge in [0.05, 0.1) is 10.9 Å². The molecule has 250 valence electrons. The van der Waals surface area contributed by atoms with E-state index in [1.165, 1.54) is 11.8 Å². The molecule has 1 amide bonds. The number of hydrogen-bond donors (Lipinski definition) is 0. The third-order valence-electron chi connectivity index (χ3n) is 10.8. The lowest BCUT2D eigenvalue weighted by molar-refractivity contribution is -0.348. The molecule has 0 aromatic heterocycles. The Bertz CT molecular complexity index is 1680. The highest BCUT2D eigenvalue weighted by molar-refractivity contribution is 7.92. The minimum atomic E-state index is -6.36. The van der Waals surface area contributed by atoms with Gasteiger partial charge in [-0.3, -0.25) is 9.59 Å². The summed E-state index contributed by atoms with van der Waals surface area (Å²) in [5, 5.41) is 0. The van der Waals surface area contributed by atoms with E-state index >= 15 is 4.39 Å². The normalized spacial score (nSPS) is 29.8. The molecule has 2 saturated carbocycles. The van der Waals surface area contributed by atoms with Gasteiger partial charge in [-0.05, 0) is 93.0 Å². The summed E-state index contributed by atoms with van der Waals surface area (Å²) in [6, 6.07) is 4.57. The van der Waals surface area contributed by atoms with Crippen LogP contribution in [0.5, 0.6) is 0 Å². The maximum absolute atomic E-state index is 15.1. The molecule has 4 aliphatic rings. The number of aryl methyl sites for hydroxylation is 1. The van der Waals surface area contributed by atoms with Gasteiger partial charge in [-0.25, -0.2) is 17.2 Å². The molecule has 0 radical (unpaired) electrons. The number of hydrogen-bond acceptors (Lipinski definition) is 4. The van der Waals surface area contributed by atoms with Crippen molar-refractivity contribution in [3.8, 4) is 0 Å². The molecule has 2 aromatic rings. The number of carbonyl (C=O) groups is 2. The summed E-state index contributed by atoms with van der Waals surface area (Å²) in [7, 11) is -4.65. The molecular weight excluding hydrogens is 646 g/mol. The van der Waals surface area contributed by atoms with Crippen molar-refractivity contribution in [1.82, 2.24) is 4.90 Å². The van der Waals surface area contributed by atoms with E-state index in [4.69, 9.17) is 0 Å². The Hall–Kier alpha value is -3.03. The van der Waals surface area contributed by atoms with E-state index in [2.05, 4.69) is 0 Å². The predicted octanol–water partition coefficient (Wildman–Crippen LogP) is 7.12. The minimum absolute atomic E-state index is 0.0485. The fourth-order valence-corrected chi connectivity index (χ4v) is 11.0. The number of ketones is 1. The van der Waals surface area contributed by atoms with Crippen molar-refractivity contribution >= 4 is 21.5 Å². The van der Waals surface area contributed by atoms with Crippen molar-refractivity contribution < 1.29 is 53.1 Å². The van der Waals surface area contributed by atoms with Gasteiger partial charge < -0.3 is 4.90 Å². The Morgan fingerprint density at radius 3 is 2.11 bits per heavy atom. The fourth-order valence-electron chi connectivity index (χ4n) is 8.56. The zero-order valence-corrected chi connectivity index (χ0v) is 25.5. The second-order valence-corrected chi connectivity index (χ2v) is 15.6. The molecule has 2 atom stereocenters. The molecular formula is C32H31F8NO4S. The summed E-state index contributed by atoms with van der Waals surface area (Å²) in [6.07, 6.45) is -10.7. The quantitative estimate of drug-likeness (QED) is 0.316. The Morgan fingerprint density at radius 2 is 1.52 bits per heavy atom. The molecule has 2 aromatic carbocycles. The first-order valence-corrected chi connectivity index (χ1v) is 16.5. The van der Waals surface area contributed by atoms with Gasteiger partial charge in [-0.2, -0.15) is 26.3 Å². The first-order valence-electron chi connectivity index (χ1n) is 15.0. The van der Waals surface area contributed by atoms with E-state index in [-0.39, 0.29) is 66.4 Å². The highest BCUT2D eigenvalue weighted by Gasteiger charge is 2.74. The number of Topliss-reactive ketones (excluding diaryl/α,β-unsaturated/α-hetero) is 1. The number of amides is 1. The van der Waals surface area contributed by atoms with Crippen LogP contribution in [-0.4, -0.2) is 49.9 Å². The van der Waals surface area contributed by atoms with Crippen LogP contribution >= 0.6 is 0 Å². The minimum Gasteiger partial charge on any atom is -0.338 e. The molecule has 3 fully saturated rings. The molecule has 2 unspecified atom stereocenters. The predicted molar refractivity (Wildman–Crippen MR) is 148 cm³/mol. The van der Waals surface area contributed by atoms with E-state index in [1.54, 1.807) is 0 Å². The first kappa shape index (κ1) is 32.9. The van der Waals surface area contributed by atoms with Crippen molar-refractivity contribution in [2.24, 2.45) is 17.3 Å². The van der Waals surface area contributed by atoms with Gasteiger partial charge in [0.25, 0.3) is 0 Å². The maximum atomic E-state index is 15.1. The van der Waals surface area contributed by atoms with E-state index in [1.807, 2.05) is 0 Å². The zero-order valence-electron chi connectivity index (χ0n) is 24.6. The number of halogens is 8. The van der Waals surface area contributed by atoms with Crippen LogP contribution in [0.4, 0.5) is 35.1 Å². The topological polar surface area (TPSA) is 71.5 Å². The molecule has 14 heteroatoms. The van der Waals surface area contributed by atoms with Crippen molar-refractivity contribution in [3.05, 3.63) is 65.0 Å². The zero-order chi connectivity index (χ0) is 33.7. The van der Waals surface area contributed by atoms with Gasteiger partial charge in [0.15, 0.2) is 9.84 Å². The van der Waals surface area contributed by atoms with E-state index in [0.717, 1.165) is 30.3 Å². The average Bonchev–Trinajstić information content (AvgIpc) is 2.92. The number of sulfone groups is 1. The maximum Gasteiger partial charge on any atom is 0.435 e. The summed E-state index contributed by atoms with van der Waals surface area (Å²) in [5.74, 6) is -1.59. The molecule has 6 rings (SSSR count). The molecule has 46 heavy (non-hydrogen) atoms. The van der Waals surface area contributed by atoms with Crippen molar-refractivity contribution in [2.75, 3.05) is 6.54 Å². The van der Waals surface area contributed by atoms with Crippen LogP contribution in [0, 0.1) is 23.1 Å². The number of nitrogens with zero attached hydrogens (tertiary/aromatic N) is 1. The molecule has 1 aliphatic heterocycles. The lowest BCUT2D eigenvalue weighted by Crippen LogP contribution is -2.64.